The van der Waals surface area contributed by atoms with Crippen LogP contribution in [0.15, 0.2) is 12.1 Å². The van der Waals surface area contributed by atoms with Crippen molar-refractivity contribution in [1.82, 2.24) is 15.0 Å². The summed E-state index contributed by atoms with van der Waals surface area (Å²) in [5.41, 5.74) is 0.0509. The van der Waals surface area contributed by atoms with E-state index < -0.39 is 17.2 Å². The molecule has 0 amide bonds. The molecule has 0 N–H and O–H groups in total. The van der Waals surface area contributed by atoms with Gasteiger partial charge in [-0.2, -0.15) is 0 Å². The lowest BCUT2D eigenvalue weighted by Crippen LogP contribution is -2.23. The second kappa shape index (κ2) is 2.98. The monoisotopic (exact) mass is 211 g/mol. The topological polar surface area (TPSA) is 30.7 Å². The summed E-state index contributed by atoms with van der Waals surface area (Å²) in [6, 6.07) is 2.47. The summed E-state index contributed by atoms with van der Waals surface area (Å²) in [6.45, 7) is 5.56. The van der Waals surface area contributed by atoms with Crippen molar-refractivity contribution in [2.45, 2.75) is 26.3 Å². The molecule has 0 aliphatic heterocycles. The summed E-state index contributed by atoms with van der Waals surface area (Å²) in [5.74, 6) is -1.78. The lowest BCUT2D eigenvalue weighted by atomic mass is 10.1. The van der Waals surface area contributed by atoms with Crippen LogP contribution in [-0.4, -0.2) is 15.0 Å². The highest BCUT2D eigenvalue weighted by atomic mass is 19.2. The first-order valence-corrected chi connectivity index (χ1v) is 4.61. The first-order valence-electron chi connectivity index (χ1n) is 4.61. The summed E-state index contributed by atoms with van der Waals surface area (Å²) < 4.78 is 28.0. The molecular formula is C10H11F2N3. The smallest absolute Gasteiger partial charge is 0.186 e. The molecule has 2 aromatic rings. The van der Waals surface area contributed by atoms with Crippen molar-refractivity contribution in [1.29, 1.82) is 0 Å². The molecule has 0 aliphatic rings. The van der Waals surface area contributed by atoms with Crippen molar-refractivity contribution < 1.29 is 8.78 Å². The van der Waals surface area contributed by atoms with Crippen molar-refractivity contribution in [3.8, 4) is 0 Å². The van der Waals surface area contributed by atoms with E-state index in [4.69, 9.17) is 0 Å². The summed E-state index contributed by atoms with van der Waals surface area (Å²) in [5, 5.41) is 7.62. The van der Waals surface area contributed by atoms with Gasteiger partial charge in [0.1, 0.15) is 11.0 Å². The standard InChI is InChI=1S/C10H11F2N3/c1-10(2,3)15-9-7(13-14-15)5-4-6(11)8(9)12/h4-5H,1-3H3. The van der Waals surface area contributed by atoms with E-state index in [0.717, 1.165) is 6.07 Å². The van der Waals surface area contributed by atoms with Crippen LogP contribution in [-0.2, 0) is 5.54 Å². The Bertz CT molecular complexity index is 511. The number of nitrogens with zero attached hydrogens (tertiary/aromatic N) is 3. The molecule has 2 rings (SSSR count). The molecular weight excluding hydrogens is 200 g/mol. The Balaban J connectivity index is 2.84. The van der Waals surface area contributed by atoms with Gasteiger partial charge in [-0.1, -0.05) is 5.21 Å². The summed E-state index contributed by atoms with van der Waals surface area (Å²) in [6.07, 6.45) is 0. The maximum absolute atomic E-state index is 13.5. The minimum atomic E-state index is -0.896. The molecule has 0 radical (unpaired) electrons. The third-order valence-corrected chi connectivity index (χ3v) is 2.14. The van der Waals surface area contributed by atoms with Crippen LogP contribution < -0.4 is 0 Å². The summed E-state index contributed by atoms with van der Waals surface area (Å²) >= 11 is 0. The molecule has 3 nitrogen and oxygen atoms in total. The largest absolute Gasteiger partial charge is 0.236 e. The van der Waals surface area contributed by atoms with Gasteiger partial charge in [-0.05, 0) is 32.9 Å². The maximum Gasteiger partial charge on any atom is 0.186 e. The van der Waals surface area contributed by atoms with Gasteiger partial charge in [0, 0.05) is 0 Å². The highest BCUT2D eigenvalue weighted by Crippen LogP contribution is 2.23. The summed E-state index contributed by atoms with van der Waals surface area (Å²) in [4.78, 5) is 0. The van der Waals surface area contributed by atoms with Gasteiger partial charge in [0.25, 0.3) is 0 Å². The van der Waals surface area contributed by atoms with E-state index in [1.54, 1.807) is 0 Å². The quantitative estimate of drug-likeness (QED) is 0.670. The average molecular weight is 211 g/mol. The van der Waals surface area contributed by atoms with Crippen molar-refractivity contribution in [3.63, 3.8) is 0 Å². The second-order valence-corrected chi connectivity index (χ2v) is 4.40. The fourth-order valence-corrected chi connectivity index (χ4v) is 1.42. The van der Waals surface area contributed by atoms with E-state index in [1.165, 1.54) is 10.7 Å². The molecule has 80 valence electrons. The van der Waals surface area contributed by atoms with Crippen LogP contribution in [0.4, 0.5) is 8.78 Å². The Morgan fingerprint density at radius 3 is 2.47 bits per heavy atom. The minimum absolute atomic E-state index is 0.113. The SMILES string of the molecule is CC(C)(C)n1nnc2ccc(F)c(F)c21. The zero-order valence-electron chi connectivity index (χ0n) is 8.75. The zero-order chi connectivity index (χ0) is 11.2. The third-order valence-electron chi connectivity index (χ3n) is 2.14. The van der Waals surface area contributed by atoms with Crippen LogP contribution in [0.1, 0.15) is 20.8 Å². The molecule has 15 heavy (non-hydrogen) atoms. The summed E-state index contributed by atoms with van der Waals surface area (Å²) in [7, 11) is 0. The highest BCUT2D eigenvalue weighted by molar-refractivity contribution is 5.75. The van der Waals surface area contributed by atoms with E-state index in [-0.39, 0.29) is 5.52 Å². The predicted octanol–water partition coefficient (Wildman–Crippen LogP) is 2.46. The molecule has 1 heterocycles. The predicted molar refractivity (Wildman–Crippen MR) is 52.4 cm³/mol. The first kappa shape index (κ1) is 10.0. The number of halogens is 2. The van der Waals surface area contributed by atoms with Crippen molar-refractivity contribution in [2.75, 3.05) is 0 Å². The highest BCUT2D eigenvalue weighted by Gasteiger charge is 2.21. The Kier molecular flexibility index (Phi) is 1.99. The van der Waals surface area contributed by atoms with Crippen LogP contribution in [0, 0.1) is 11.6 Å². The molecule has 0 aliphatic carbocycles. The number of fused-ring (bicyclic) bond motifs is 1. The number of hydrogen-bond donors (Lipinski definition) is 0. The molecule has 0 atom stereocenters. The van der Waals surface area contributed by atoms with Crippen LogP contribution in [0.25, 0.3) is 11.0 Å². The van der Waals surface area contributed by atoms with Crippen molar-refractivity contribution in [2.24, 2.45) is 0 Å². The van der Waals surface area contributed by atoms with Crippen LogP contribution >= 0.6 is 0 Å². The van der Waals surface area contributed by atoms with Gasteiger partial charge < -0.3 is 0 Å². The molecule has 0 saturated carbocycles. The van der Waals surface area contributed by atoms with Crippen LogP contribution in [0.2, 0.25) is 0 Å². The molecule has 5 heteroatoms. The van der Waals surface area contributed by atoms with E-state index in [9.17, 15) is 8.78 Å². The Labute approximate surface area is 85.7 Å². The number of aromatic nitrogens is 3. The zero-order valence-corrected chi connectivity index (χ0v) is 8.75. The number of hydrogen-bond acceptors (Lipinski definition) is 2. The molecule has 1 aromatic heterocycles. The van der Waals surface area contributed by atoms with E-state index >= 15 is 0 Å². The van der Waals surface area contributed by atoms with Gasteiger partial charge in [-0.3, -0.25) is 0 Å². The molecule has 0 fully saturated rings. The van der Waals surface area contributed by atoms with Gasteiger partial charge in [-0.25, -0.2) is 13.5 Å². The van der Waals surface area contributed by atoms with Crippen LogP contribution in [0.5, 0.6) is 0 Å². The van der Waals surface area contributed by atoms with E-state index in [1.807, 2.05) is 20.8 Å². The second-order valence-electron chi connectivity index (χ2n) is 4.40. The van der Waals surface area contributed by atoms with Gasteiger partial charge in [-0.15, -0.1) is 5.10 Å². The molecule has 0 unspecified atom stereocenters. The van der Waals surface area contributed by atoms with Crippen molar-refractivity contribution >= 4 is 11.0 Å². The van der Waals surface area contributed by atoms with E-state index in [0.29, 0.717) is 5.52 Å². The van der Waals surface area contributed by atoms with Gasteiger partial charge >= 0.3 is 0 Å². The lowest BCUT2D eigenvalue weighted by Gasteiger charge is -2.19. The molecule has 0 bridgehead atoms. The third kappa shape index (κ3) is 1.48. The normalized spacial score (nSPS) is 12.3. The fourth-order valence-electron chi connectivity index (χ4n) is 1.42. The first-order chi connectivity index (χ1) is 6.91. The number of benzene rings is 1. The molecule has 0 saturated heterocycles. The lowest BCUT2D eigenvalue weighted by molar-refractivity contribution is 0.353. The van der Waals surface area contributed by atoms with Crippen LogP contribution in [0.3, 0.4) is 0 Å². The Morgan fingerprint density at radius 2 is 1.87 bits per heavy atom. The van der Waals surface area contributed by atoms with Gasteiger partial charge in [0.05, 0.1) is 5.54 Å². The minimum Gasteiger partial charge on any atom is -0.236 e. The van der Waals surface area contributed by atoms with Crippen molar-refractivity contribution in [3.05, 3.63) is 23.8 Å². The maximum atomic E-state index is 13.5. The van der Waals surface area contributed by atoms with E-state index in [2.05, 4.69) is 10.3 Å². The van der Waals surface area contributed by atoms with Gasteiger partial charge in [0.2, 0.25) is 0 Å². The Morgan fingerprint density at radius 1 is 1.20 bits per heavy atom. The average Bonchev–Trinajstić information content (AvgIpc) is 2.54. The Hall–Kier alpha value is -1.52. The number of rotatable bonds is 0. The fraction of sp³-hybridized carbons (Fsp3) is 0.400. The molecule has 0 spiro atoms. The molecule has 1 aromatic carbocycles. The van der Waals surface area contributed by atoms with Gasteiger partial charge in [0.15, 0.2) is 11.6 Å².